The van der Waals surface area contributed by atoms with Crippen molar-refractivity contribution >= 4 is 97.1 Å². The summed E-state index contributed by atoms with van der Waals surface area (Å²) in [5.41, 5.74) is 0.894. The largest absolute Gasteiger partial charge is 0 e. The molecule has 1 nitrogen and oxygen atoms in total. The molecule has 0 fully saturated rings. The molecule has 249 valence electrons. The Hall–Kier alpha value is -2.99. The van der Waals surface area contributed by atoms with Gasteiger partial charge < -0.3 is 0 Å². The summed E-state index contributed by atoms with van der Waals surface area (Å²) in [5.74, 6) is 0. The average molecular weight is 852 g/mol. The summed E-state index contributed by atoms with van der Waals surface area (Å²) < 4.78 is 2.55. The zero-order valence-corrected chi connectivity index (χ0v) is 33.4. The number of halogens is 4. The van der Waals surface area contributed by atoms with Gasteiger partial charge in [0.1, 0.15) is 0 Å². The molecular weight excluding hydrogens is 820 g/mol. The number of rotatable bonds is 9. The van der Waals surface area contributed by atoms with Gasteiger partial charge in [-0.3, -0.25) is 0 Å². The van der Waals surface area contributed by atoms with Gasteiger partial charge in [-0.15, -0.1) is 0 Å². The Morgan fingerprint density at radius 1 is 0.420 bits per heavy atom. The van der Waals surface area contributed by atoms with Gasteiger partial charge in [-0.1, -0.05) is 0 Å². The van der Waals surface area contributed by atoms with Crippen LogP contribution < -0.4 is 36.3 Å². The molecule has 7 rings (SSSR count). The molecule has 0 unspecified atom stereocenters. The van der Waals surface area contributed by atoms with E-state index in [1.807, 2.05) is 60.7 Å². The SMILES string of the molecule is Clc1ccc(N([P+](c2ccccc2)(c2ccccc2)c2ccccc2)P(Cl)(c2ccccc2)(c2ccccc2)c2cccc(Cl)c2Cl)cc1.[Tc]. The average Bonchev–Trinajstić information content (AvgIpc) is 3.17. The quantitative estimate of drug-likeness (QED) is 0.131. The second-order valence-electron chi connectivity index (χ2n) is 11.6. The van der Waals surface area contributed by atoms with Gasteiger partial charge in [0.25, 0.3) is 0 Å². The molecule has 0 heterocycles. The molecule has 7 aromatic rings. The zero-order chi connectivity index (χ0) is 33.9. The maximum absolute atomic E-state index is 9.23. The fourth-order valence-corrected chi connectivity index (χ4v) is 22.3. The van der Waals surface area contributed by atoms with Crippen molar-refractivity contribution in [3.05, 3.63) is 209 Å². The monoisotopic (exact) mass is 849 g/mol. The van der Waals surface area contributed by atoms with Crippen LogP contribution in [0.2, 0.25) is 15.1 Å². The Morgan fingerprint density at radius 3 is 1.20 bits per heavy atom. The number of hydrogen-bond donors (Lipinski definition) is 0. The standard InChI is InChI=1S/C42H32Cl4NP2.Tc/c43-33-29-31-34(32-30-33)47(48(35-17-6-1-7-18-35,36-19-8-2-9-20-36)37-21-10-3-11-22-37)49(46,38-23-12-4-13-24-38,39-25-14-5-15-26-39)41-28-16-27-40(44)42(41)45;/h1-32H;/q+1;. The van der Waals surface area contributed by atoms with Crippen molar-refractivity contribution in [2.24, 2.45) is 0 Å². The maximum Gasteiger partial charge on any atom is 0 e. The zero-order valence-electron chi connectivity index (χ0n) is 26.7. The molecule has 0 aliphatic carbocycles. The number of benzene rings is 7. The molecule has 0 aliphatic rings. The fraction of sp³-hybridized carbons (Fsp3) is 0. The van der Waals surface area contributed by atoms with Crippen LogP contribution in [0.25, 0.3) is 0 Å². The van der Waals surface area contributed by atoms with E-state index in [4.69, 9.17) is 34.8 Å². The van der Waals surface area contributed by atoms with Gasteiger partial charge in [0, 0.05) is 20.1 Å². The predicted molar refractivity (Wildman–Crippen MR) is 220 cm³/mol. The van der Waals surface area contributed by atoms with Crippen LogP contribution in [0.15, 0.2) is 194 Å². The first-order valence-corrected chi connectivity index (χ1v) is 21.8. The topological polar surface area (TPSA) is 3.24 Å². The van der Waals surface area contributed by atoms with E-state index in [9.17, 15) is 11.2 Å². The third-order valence-corrected chi connectivity index (χ3v) is 23.1. The van der Waals surface area contributed by atoms with Gasteiger partial charge in [-0.05, 0) is 0 Å². The smallest absolute Gasteiger partial charge is 0 e. The van der Waals surface area contributed by atoms with E-state index in [-0.39, 0.29) is 20.1 Å². The van der Waals surface area contributed by atoms with E-state index >= 15 is 0 Å². The normalized spacial score (nSPS) is 12.3. The Labute approximate surface area is 328 Å². The van der Waals surface area contributed by atoms with Crippen LogP contribution in [0, 0.1) is 0 Å². The summed E-state index contributed by atoms with van der Waals surface area (Å²) in [5, 5.41) is 7.45. The maximum atomic E-state index is 9.23. The molecule has 0 spiro atoms. The predicted octanol–water partition coefficient (Wildman–Crippen LogP) is 11.0. The minimum Gasteiger partial charge on any atom is 0 e. The molecule has 0 saturated heterocycles. The first kappa shape index (κ1) is 36.8. The van der Waals surface area contributed by atoms with E-state index < -0.39 is 13.5 Å². The number of hydrogen-bond acceptors (Lipinski definition) is 1. The molecule has 0 N–H and O–H groups in total. The van der Waals surface area contributed by atoms with E-state index in [1.165, 1.54) is 0 Å². The van der Waals surface area contributed by atoms with Crippen LogP contribution in [0.5, 0.6) is 0 Å². The van der Waals surface area contributed by atoms with Crippen LogP contribution in [0.4, 0.5) is 5.69 Å². The van der Waals surface area contributed by atoms with Crippen LogP contribution in [-0.4, -0.2) is 0 Å². The number of nitrogens with zero attached hydrogens (tertiary/aromatic N) is 1. The molecule has 1 radical (unpaired) electrons. The van der Waals surface area contributed by atoms with Gasteiger partial charge in [0.15, 0.2) is 0 Å². The Kier molecular flexibility index (Phi) is 11.3. The first-order valence-electron chi connectivity index (χ1n) is 15.8. The van der Waals surface area contributed by atoms with Crippen LogP contribution in [0.3, 0.4) is 0 Å². The van der Waals surface area contributed by atoms with Crippen molar-refractivity contribution in [2.45, 2.75) is 0 Å². The minimum atomic E-state index is -4.53. The molecular formula is C42H32Cl4NP2Tc+. The van der Waals surface area contributed by atoms with Crippen molar-refractivity contribution in [3.63, 3.8) is 0 Å². The van der Waals surface area contributed by atoms with Crippen LogP contribution >= 0.6 is 59.6 Å². The van der Waals surface area contributed by atoms with E-state index in [0.29, 0.717) is 15.1 Å². The molecule has 0 atom stereocenters. The van der Waals surface area contributed by atoms with Gasteiger partial charge in [0.2, 0.25) is 0 Å². The second kappa shape index (κ2) is 15.3. The summed E-state index contributed by atoms with van der Waals surface area (Å²) in [7, 11) is -3.00. The Balaban J connectivity index is 0.00000432. The van der Waals surface area contributed by atoms with Gasteiger partial charge in [-0.25, -0.2) is 0 Å². The van der Waals surface area contributed by atoms with Crippen molar-refractivity contribution in [1.82, 2.24) is 0 Å². The second-order valence-corrected chi connectivity index (χ2v) is 22.2. The molecule has 0 amide bonds. The molecule has 7 aromatic carbocycles. The summed E-state index contributed by atoms with van der Waals surface area (Å²) in [6, 6.07) is 66.8. The Morgan fingerprint density at radius 2 is 0.800 bits per heavy atom. The van der Waals surface area contributed by atoms with Gasteiger partial charge in [-0.2, -0.15) is 0 Å². The fourth-order valence-electron chi connectivity index (χ4n) is 6.88. The molecule has 8 heteroatoms. The van der Waals surface area contributed by atoms with Gasteiger partial charge >= 0.3 is 311 Å². The van der Waals surface area contributed by atoms with Gasteiger partial charge in [0.05, 0.1) is 0 Å². The summed E-state index contributed by atoms with van der Waals surface area (Å²) in [6.45, 7) is 0. The molecule has 0 saturated carbocycles. The Bertz CT molecular complexity index is 2040. The third-order valence-electron chi connectivity index (χ3n) is 8.91. The molecule has 0 aromatic heterocycles. The summed E-state index contributed by atoms with van der Waals surface area (Å²) in [6.07, 6.45) is -4.53. The van der Waals surface area contributed by atoms with Crippen molar-refractivity contribution in [2.75, 3.05) is 4.44 Å². The molecule has 0 bridgehead atoms. The van der Waals surface area contributed by atoms with Crippen molar-refractivity contribution in [3.8, 4) is 0 Å². The minimum absolute atomic E-state index is 0. The molecule has 50 heavy (non-hydrogen) atoms. The van der Waals surface area contributed by atoms with E-state index in [0.717, 1.165) is 37.5 Å². The van der Waals surface area contributed by atoms with Crippen LogP contribution in [-0.2, 0) is 20.1 Å². The van der Waals surface area contributed by atoms with E-state index in [1.54, 1.807) is 0 Å². The molecule has 0 aliphatic heterocycles. The summed E-state index contributed by atoms with van der Waals surface area (Å²) in [4.78, 5) is 0. The van der Waals surface area contributed by atoms with E-state index in [2.05, 4.69) is 138 Å². The van der Waals surface area contributed by atoms with Crippen molar-refractivity contribution < 1.29 is 20.1 Å². The van der Waals surface area contributed by atoms with Crippen molar-refractivity contribution in [1.29, 1.82) is 0 Å². The van der Waals surface area contributed by atoms with Crippen LogP contribution in [0.1, 0.15) is 0 Å². The summed E-state index contributed by atoms with van der Waals surface area (Å²) >= 11 is 30.4. The first-order chi connectivity index (χ1) is 23.9. The third kappa shape index (κ3) is 5.95. The number of anilines is 1.